The van der Waals surface area contributed by atoms with Crippen molar-refractivity contribution in [1.29, 1.82) is 0 Å². The summed E-state index contributed by atoms with van der Waals surface area (Å²) in [6, 6.07) is 6.17. The second-order valence-corrected chi connectivity index (χ2v) is 4.61. The van der Waals surface area contributed by atoms with Crippen molar-refractivity contribution in [3.8, 4) is 0 Å². The van der Waals surface area contributed by atoms with Gasteiger partial charge >= 0.3 is 0 Å². The number of nitrogens with zero attached hydrogens (tertiary/aromatic N) is 2. The standard InChI is InChI=1S/C14H17FN2O/c1-3-17-9-8-16-13(17)14(2,18)10-11-4-6-12(15)7-5-11/h4-9,18H,3,10H2,1-2H3. The highest BCUT2D eigenvalue weighted by atomic mass is 19.1. The zero-order valence-electron chi connectivity index (χ0n) is 10.6. The smallest absolute Gasteiger partial charge is 0.140 e. The van der Waals surface area contributed by atoms with E-state index in [4.69, 9.17) is 0 Å². The van der Waals surface area contributed by atoms with E-state index in [1.807, 2.05) is 17.7 Å². The van der Waals surface area contributed by atoms with Gasteiger partial charge in [-0.15, -0.1) is 0 Å². The highest BCUT2D eigenvalue weighted by molar-refractivity contribution is 5.20. The van der Waals surface area contributed by atoms with Crippen molar-refractivity contribution >= 4 is 0 Å². The van der Waals surface area contributed by atoms with Crippen LogP contribution < -0.4 is 0 Å². The van der Waals surface area contributed by atoms with E-state index in [0.29, 0.717) is 12.2 Å². The molecule has 3 nitrogen and oxygen atoms in total. The van der Waals surface area contributed by atoms with E-state index < -0.39 is 5.60 Å². The maximum atomic E-state index is 12.8. The number of halogens is 1. The zero-order valence-corrected chi connectivity index (χ0v) is 10.6. The average Bonchev–Trinajstić information content (AvgIpc) is 2.81. The average molecular weight is 248 g/mol. The highest BCUT2D eigenvalue weighted by Crippen LogP contribution is 2.24. The summed E-state index contributed by atoms with van der Waals surface area (Å²) in [5, 5.41) is 10.5. The Labute approximate surface area is 106 Å². The number of aryl methyl sites for hydroxylation is 1. The molecule has 0 aliphatic rings. The van der Waals surface area contributed by atoms with Gasteiger partial charge in [0.2, 0.25) is 0 Å². The van der Waals surface area contributed by atoms with Crippen molar-refractivity contribution in [2.24, 2.45) is 0 Å². The van der Waals surface area contributed by atoms with Gasteiger partial charge in [-0.25, -0.2) is 9.37 Å². The van der Waals surface area contributed by atoms with Gasteiger partial charge < -0.3 is 9.67 Å². The monoisotopic (exact) mass is 248 g/mol. The quantitative estimate of drug-likeness (QED) is 0.902. The first-order chi connectivity index (χ1) is 8.53. The number of rotatable bonds is 4. The number of imidazole rings is 1. The van der Waals surface area contributed by atoms with Gasteiger partial charge in [0.1, 0.15) is 17.2 Å². The molecule has 2 rings (SSSR count). The Bertz CT molecular complexity index is 517. The molecule has 0 spiro atoms. The molecular formula is C14H17FN2O. The molecule has 96 valence electrons. The first kappa shape index (κ1) is 12.8. The predicted octanol–water partition coefficient (Wildman–Crippen LogP) is 2.49. The fraction of sp³-hybridized carbons (Fsp3) is 0.357. The summed E-state index contributed by atoms with van der Waals surface area (Å²) in [6.07, 6.45) is 3.93. The Hall–Kier alpha value is -1.68. The Morgan fingerprint density at radius 3 is 2.61 bits per heavy atom. The van der Waals surface area contributed by atoms with Crippen molar-refractivity contribution < 1.29 is 9.50 Å². The van der Waals surface area contributed by atoms with Crippen LogP contribution in [-0.2, 0) is 18.6 Å². The SMILES string of the molecule is CCn1ccnc1C(C)(O)Cc1ccc(F)cc1. The summed E-state index contributed by atoms with van der Waals surface area (Å²) in [5.74, 6) is 0.364. The van der Waals surface area contributed by atoms with E-state index in [2.05, 4.69) is 4.98 Å². The lowest BCUT2D eigenvalue weighted by Crippen LogP contribution is -2.28. The molecule has 0 saturated carbocycles. The molecule has 0 aliphatic carbocycles. The van der Waals surface area contributed by atoms with Crippen LogP contribution in [0.15, 0.2) is 36.7 Å². The van der Waals surface area contributed by atoms with E-state index in [-0.39, 0.29) is 5.82 Å². The molecule has 2 aromatic rings. The van der Waals surface area contributed by atoms with Crippen LogP contribution >= 0.6 is 0 Å². The molecule has 0 fully saturated rings. The van der Waals surface area contributed by atoms with E-state index in [0.717, 1.165) is 12.1 Å². The van der Waals surface area contributed by atoms with Crippen molar-refractivity contribution in [3.05, 3.63) is 53.9 Å². The largest absolute Gasteiger partial charge is 0.382 e. The lowest BCUT2D eigenvalue weighted by atomic mass is 9.95. The summed E-state index contributed by atoms with van der Waals surface area (Å²) in [6.45, 7) is 4.49. The fourth-order valence-corrected chi connectivity index (χ4v) is 2.11. The molecule has 18 heavy (non-hydrogen) atoms. The number of hydrogen-bond donors (Lipinski definition) is 1. The third kappa shape index (κ3) is 2.59. The van der Waals surface area contributed by atoms with Gasteiger partial charge in [0.25, 0.3) is 0 Å². The first-order valence-corrected chi connectivity index (χ1v) is 6.01. The predicted molar refractivity (Wildman–Crippen MR) is 67.6 cm³/mol. The van der Waals surface area contributed by atoms with Gasteiger partial charge in [-0.05, 0) is 31.5 Å². The lowest BCUT2D eigenvalue weighted by molar-refractivity contribution is 0.0445. The molecule has 0 saturated heterocycles. The molecule has 1 aromatic carbocycles. The molecule has 0 aliphatic heterocycles. The van der Waals surface area contributed by atoms with Crippen molar-refractivity contribution in [1.82, 2.24) is 9.55 Å². The Morgan fingerprint density at radius 2 is 2.00 bits per heavy atom. The van der Waals surface area contributed by atoms with Crippen LogP contribution in [-0.4, -0.2) is 14.7 Å². The van der Waals surface area contributed by atoms with Gasteiger partial charge in [0.05, 0.1) is 0 Å². The van der Waals surface area contributed by atoms with Crippen LogP contribution in [0.4, 0.5) is 4.39 Å². The van der Waals surface area contributed by atoms with Gasteiger partial charge in [0, 0.05) is 25.4 Å². The van der Waals surface area contributed by atoms with Gasteiger partial charge in [-0.3, -0.25) is 0 Å². The van der Waals surface area contributed by atoms with Crippen LogP contribution in [0.3, 0.4) is 0 Å². The zero-order chi connectivity index (χ0) is 13.2. The van der Waals surface area contributed by atoms with E-state index >= 15 is 0 Å². The maximum Gasteiger partial charge on any atom is 0.140 e. The van der Waals surface area contributed by atoms with Crippen molar-refractivity contribution in [2.75, 3.05) is 0 Å². The highest BCUT2D eigenvalue weighted by Gasteiger charge is 2.28. The second-order valence-electron chi connectivity index (χ2n) is 4.61. The summed E-state index contributed by atoms with van der Waals surface area (Å²) >= 11 is 0. The molecule has 0 amide bonds. The fourth-order valence-electron chi connectivity index (χ4n) is 2.11. The molecule has 1 aromatic heterocycles. The Kier molecular flexibility index (Phi) is 3.48. The van der Waals surface area contributed by atoms with Crippen LogP contribution in [0.1, 0.15) is 25.2 Å². The molecule has 1 unspecified atom stereocenters. The molecule has 0 radical (unpaired) electrons. The van der Waals surface area contributed by atoms with Crippen molar-refractivity contribution in [3.63, 3.8) is 0 Å². The van der Waals surface area contributed by atoms with Crippen LogP contribution in [0.25, 0.3) is 0 Å². The second kappa shape index (κ2) is 4.90. The summed E-state index contributed by atoms with van der Waals surface area (Å²) in [5.41, 5.74) is -0.177. The molecular weight excluding hydrogens is 231 g/mol. The van der Waals surface area contributed by atoms with Crippen LogP contribution in [0.2, 0.25) is 0 Å². The Morgan fingerprint density at radius 1 is 1.33 bits per heavy atom. The minimum Gasteiger partial charge on any atom is -0.382 e. The molecule has 4 heteroatoms. The lowest BCUT2D eigenvalue weighted by Gasteiger charge is -2.23. The number of hydrogen-bond acceptors (Lipinski definition) is 2. The summed E-state index contributed by atoms with van der Waals surface area (Å²) in [7, 11) is 0. The minimum atomic E-state index is -1.06. The maximum absolute atomic E-state index is 12.8. The molecule has 1 heterocycles. The number of aromatic nitrogens is 2. The third-order valence-corrected chi connectivity index (χ3v) is 3.00. The normalized spacial score (nSPS) is 14.4. The topological polar surface area (TPSA) is 38.0 Å². The minimum absolute atomic E-state index is 0.270. The Balaban J connectivity index is 2.23. The van der Waals surface area contributed by atoms with Gasteiger partial charge in [0.15, 0.2) is 0 Å². The van der Waals surface area contributed by atoms with Gasteiger partial charge in [-0.2, -0.15) is 0 Å². The molecule has 0 bridgehead atoms. The van der Waals surface area contributed by atoms with E-state index in [9.17, 15) is 9.50 Å². The van der Waals surface area contributed by atoms with Gasteiger partial charge in [-0.1, -0.05) is 12.1 Å². The third-order valence-electron chi connectivity index (χ3n) is 3.00. The summed E-state index contributed by atoms with van der Waals surface area (Å²) < 4.78 is 14.7. The van der Waals surface area contributed by atoms with Crippen molar-refractivity contribution in [2.45, 2.75) is 32.4 Å². The van der Waals surface area contributed by atoms with E-state index in [1.54, 1.807) is 25.3 Å². The van der Waals surface area contributed by atoms with Crippen LogP contribution in [0, 0.1) is 5.82 Å². The number of benzene rings is 1. The van der Waals surface area contributed by atoms with E-state index in [1.165, 1.54) is 12.1 Å². The summed E-state index contributed by atoms with van der Waals surface area (Å²) in [4.78, 5) is 4.21. The van der Waals surface area contributed by atoms with Crippen LogP contribution in [0.5, 0.6) is 0 Å². The molecule has 1 atom stereocenters. The first-order valence-electron chi connectivity index (χ1n) is 6.01. The molecule has 1 N–H and O–H groups in total. The number of aliphatic hydroxyl groups is 1.